The van der Waals surface area contributed by atoms with Gasteiger partial charge < -0.3 is 10.1 Å². The van der Waals surface area contributed by atoms with Crippen molar-refractivity contribution in [2.75, 3.05) is 26.7 Å². The Morgan fingerprint density at radius 2 is 1.95 bits per heavy atom. The minimum absolute atomic E-state index is 0.599. The molecule has 1 aromatic rings. The lowest BCUT2D eigenvalue weighted by atomic mass is 9.96. The topological polar surface area (TPSA) is 24.5 Å². The number of para-hydroxylation sites is 1. The van der Waals surface area contributed by atoms with Crippen LogP contribution in [0.3, 0.4) is 0 Å². The Labute approximate surface area is 123 Å². The zero-order valence-corrected chi connectivity index (χ0v) is 13.1. The molecule has 1 N–H and O–H groups in total. The SMILES string of the molecule is COc1ccccc1CN1CCC(CNC(C)C)CC1. The smallest absolute Gasteiger partial charge is 0.123 e. The molecule has 1 fully saturated rings. The molecule has 20 heavy (non-hydrogen) atoms. The van der Waals surface area contributed by atoms with E-state index >= 15 is 0 Å². The fourth-order valence-corrected chi connectivity index (χ4v) is 2.83. The molecule has 1 aromatic carbocycles. The number of likely N-dealkylation sites (tertiary alicyclic amines) is 1. The highest BCUT2D eigenvalue weighted by Gasteiger charge is 2.19. The van der Waals surface area contributed by atoms with Gasteiger partial charge in [0.25, 0.3) is 0 Å². The van der Waals surface area contributed by atoms with Crippen LogP contribution in [0.5, 0.6) is 5.75 Å². The Kier molecular flexibility index (Phi) is 5.86. The summed E-state index contributed by atoms with van der Waals surface area (Å²) in [5, 5.41) is 3.56. The third kappa shape index (κ3) is 4.50. The van der Waals surface area contributed by atoms with Crippen molar-refractivity contribution in [3.05, 3.63) is 29.8 Å². The predicted molar refractivity (Wildman–Crippen MR) is 84.1 cm³/mol. The number of methoxy groups -OCH3 is 1. The van der Waals surface area contributed by atoms with Gasteiger partial charge in [-0.2, -0.15) is 0 Å². The zero-order chi connectivity index (χ0) is 14.4. The van der Waals surface area contributed by atoms with Crippen molar-refractivity contribution in [2.45, 2.75) is 39.3 Å². The monoisotopic (exact) mass is 276 g/mol. The maximum Gasteiger partial charge on any atom is 0.123 e. The number of rotatable bonds is 6. The highest BCUT2D eigenvalue weighted by molar-refractivity contribution is 5.33. The standard InChI is InChI=1S/C17H28N2O/c1-14(2)18-12-15-8-10-19(11-9-15)13-16-6-4-5-7-17(16)20-3/h4-7,14-15,18H,8-13H2,1-3H3. The second kappa shape index (κ2) is 7.65. The number of nitrogens with zero attached hydrogens (tertiary/aromatic N) is 1. The van der Waals surface area contributed by atoms with Crippen LogP contribution in [0.1, 0.15) is 32.3 Å². The van der Waals surface area contributed by atoms with E-state index in [4.69, 9.17) is 4.74 Å². The number of piperidine rings is 1. The van der Waals surface area contributed by atoms with Gasteiger partial charge in [0.1, 0.15) is 5.75 Å². The van der Waals surface area contributed by atoms with Gasteiger partial charge >= 0.3 is 0 Å². The second-order valence-corrected chi connectivity index (χ2v) is 6.09. The van der Waals surface area contributed by atoms with E-state index in [9.17, 15) is 0 Å². The predicted octanol–water partition coefficient (Wildman–Crippen LogP) is 2.91. The average Bonchev–Trinajstić information content (AvgIpc) is 2.47. The van der Waals surface area contributed by atoms with Crippen LogP contribution in [-0.4, -0.2) is 37.7 Å². The highest BCUT2D eigenvalue weighted by atomic mass is 16.5. The van der Waals surface area contributed by atoms with E-state index in [-0.39, 0.29) is 0 Å². The fraction of sp³-hybridized carbons (Fsp3) is 0.647. The van der Waals surface area contributed by atoms with Crippen LogP contribution in [0.4, 0.5) is 0 Å². The van der Waals surface area contributed by atoms with Gasteiger partial charge in [-0.3, -0.25) is 4.90 Å². The molecule has 3 heteroatoms. The number of hydrogen-bond donors (Lipinski definition) is 1. The van der Waals surface area contributed by atoms with E-state index in [1.807, 2.05) is 6.07 Å². The van der Waals surface area contributed by atoms with Crippen molar-refractivity contribution < 1.29 is 4.74 Å². The van der Waals surface area contributed by atoms with Gasteiger partial charge in [0.15, 0.2) is 0 Å². The molecule has 0 unspecified atom stereocenters. The summed E-state index contributed by atoms with van der Waals surface area (Å²) >= 11 is 0. The lowest BCUT2D eigenvalue weighted by Gasteiger charge is -2.32. The van der Waals surface area contributed by atoms with Crippen LogP contribution in [0.15, 0.2) is 24.3 Å². The Bertz CT molecular complexity index is 398. The number of ether oxygens (including phenoxy) is 1. The summed E-state index contributed by atoms with van der Waals surface area (Å²) < 4.78 is 5.44. The van der Waals surface area contributed by atoms with Crippen LogP contribution in [0, 0.1) is 5.92 Å². The van der Waals surface area contributed by atoms with Crippen molar-refractivity contribution in [1.82, 2.24) is 10.2 Å². The van der Waals surface area contributed by atoms with Gasteiger partial charge in [-0.05, 0) is 44.5 Å². The molecule has 0 bridgehead atoms. The lowest BCUT2D eigenvalue weighted by molar-refractivity contribution is 0.172. The van der Waals surface area contributed by atoms with Gasteiger partial charge in [-0.1, -0.05) is 32.0 Å². The number of hydrogen-bond acceptors (Lipinski definition) is 3. The fourth-order valence-electron chi connectivity index (χ4n) is 2.83. The third-order valence-electron chi connectivity index (χ3n) is 4.11. The molecule has 0 spiro atoms. The van der Waals surface area contributed by atoms with E-state index in [1.165, 1.54) is 38.0 Å². The van der Waals surface area contributed by atoms with E-state index in [0.29, 0.717) is 6.04 Å². The van der Waals surface area contributed by atoms with Gasteiger partial charge in [-0.25, -0.2) is 0 Å². The van der Waals surface area contributed by atoms with Crippen LogP contribution in [0.2, 0.25) is 0 Å². The normalized spacial score (nSPS) is 17.6. The first kappa shape index (κ1) is 15.3. The summed E-state index contributed by atoms with van der Waals surface area (Å²) in [4.78, 5) is 2.55. The van der Waals surface area contributed by atoms with Crippen molar-refractivity contribution in [2.24, 2.45) is 5.92 Å². The molecule has 0 aromatic heterocycles. The van der Waals surface area contributed by atoms with Crippen LogP contribution in [-0.2, 0) is 6.54 Å². The molecule has 0 amide bonds. The highest BCUT2D eigenvalue weighted by Crippen LogP contribution is 2.23. The largest absolute Gasteiger partial charge is 0.496 e. The molecular weight excluding hydrogens is 248 g/mol. The average molecular weight is 276 g/mol. The summed E-state index contributed by atoms with van der Waals surface area (Å²) in [6.45, 7) is 9.01. The third-order valence-corrected chi connectivity index (χ3v) is 4.11. The molecule has 0 radical (unpaired) electrons. The van der Waals surface area contributed by atoms with Gasteiger partial charge in [0, 0.05) is 18.2 Å². The molecule has 1 heterocycles. The molecule has 1 saturated heterocycles. The molecule has 2 rings (SSSR count). The minimum atomic E-state index is 0.599. The Hall–Kier alpha value is -1.06. The lowest BCUT2D eigenvalue weighted by Crippen LogP contribution is -2.38. The first-order chi connectivity index (χ1) is 9.69. The van der Waals surface area contributed by atoms with Crippen molar-refractivity contribution in [3.8, 4) is 5.75 Å². The Morgan fingerprint density at radius 1 is 1.25 bits per heavy atom. The van der Waals surface area contributed by atoms with E-state index < -0.39 is 0 Å². The zero-order valence-electron chi connectivity index (χ0n) is 13.1. The van der Waals surface area contributed by atoms with Crippen LogP contribution in [0.25, 0.3) is 0 Å². The van der Waals surface area contributed by atoms with Gasteiger partial charge in [0.2, 0.25) is 0 Å². The summed E-state index contributed by atoms with van der Waals surface area (Å²) in [6, 6.07) is 8.95. The number of benzene rings is 1. The first-order valence-corrected chi connectivity index (χ1v) is 7.76. The van der Waals surface area contributed by atoms with Crippen molar-refractivity contribution in [3.63, 3.8) is 0 Å². The van der Waals surface area contributed by atoms with Crippen molar-refractivity contribution >= 4 is 0 Å². The summed E-state index contributed by atoms with van der Waals surface area (Å²) in [5.41, 5.74) is 1.30. The maximum atomic E-state index is 5.44. The molecule has 3 nitrogen and oxygen atoms in total. The Morgan fingerprint density at radius 3 is 2.60 bits per heavy atom. The summed E-state index contributed by atoms with van der Waals surface area (Å²) in [5.74, 6) is 1.85. The maximum absolute atomic E-state index is 5.44. The Balaban J connectivity index is 1.79. The molecule has 0 aliphatic carbocycles. The summed E-state index contributed by atoms with van der Waals surface area (Å²) in [7, 11) is 1.75. The van der Waals surface area contributed by atoms with Crippen LogP contribution < -0.4 is 10.1 Å². The second-order valence-electron chi connectivity index (χ2n) is 6.09. The van der Waals surface area contributed by atoms with Gasteiger partial charge in [0.05, 0.1) is 7.11 Å². The molecule has 1 aliphatic rings. The van der Waals surface area contributed by atoms with E-state index in [1.54, 1.807) is 7.11 Å². The first-order valence-electron chi connectivity index (χ1n) is 7.76. The van der Waals surface area contributed by atoms with E-state index in [0.717, 1.165) is 18.2 Å². The van der Waals surface area contributed by atoms with Crippen molar-refractivity contribution in [1.29, 1.82) is 0 Å². The number of nitrogens with one attached hydrogen (secondary N) is 1. The molecule has 1 aliphatic heterocycles. The molecular formula is C17H28N2O. The van der Waals surface area contributed by atoms with Gasteiger partial charge in [-0.15, -0.1) is 0 Å². The molecule has 112 valence electrons. The summed E-state index contributed by atoms with van der Waals surface area (Å²) in [6.07, 6.45) is 2.60. The molecule has 0 atom stereocenters. The van der Waals surface area contributed by atoms with E-state index in [2.05, 4.69) is 42.3 Å². The quantitative estimate of drug-likeness (QED) is 0.864. The minimum Gasteiger partial charge on any atom is -0.496 e. The van der Waals surface area contributed by atoms with Crippen LogP contribution >= 0.6 is 0 Å². The molecule has 0 saturated carbocycles.